The SMILES string of the molecule is Cc1cccc(Cn2nc(C)c(NC(=O)c3cccc(Cn4cc(Br)cn4)c3)c2C)c1. The fourth-order valence-electron chi connectivity index (χ4n) is 3.62. The fourth-order valence-corrected chi connectivity index (χ4v) is 3.95. The minimum absolute atomic E-state index is 0.148. The van der Waals surface area contributed by atoms with Crippen molar-refractivity contribution in [2.45, 2.75) is 33.9 Å². The van der Waals surface area contributed by atoms with Crippen molar-refractivity contribution in [1.29, 1.82) is 0 Å². The predicted molar refractivity (Wildman–Crippen MR) is 125 cm³/mol. The van der Waals surface area contributed by atoms with Crippen molar-refractivity contribution in [2.24, 2.45) is 0 Å². The van der Waals surface area contributed by atoms with Gasteiger partial charge in [0.1, 0.15) is 0 Å². The first-order valence-corrected chi connectivity index (χ1v) is 10.9. The van der Waals surface area contributed by atoms with E-state index in [0.29, 0.717) is 18.7 Å². The highest BCUT2D eigenvalue weighted by Crippen LogP contribution is 2.22. The van der Waals surface area contributed by atoms with E-state index < -0.39 is 0 Å². The summed E-state index contributed by atoms with van der Waals surface area (Å²) in [5, 5.41) is 12.0. The maximum Gasteiger partial charge on any atom is 0.255 e. The number of aryl methyl sites for hydroxylation is 2. The highest BCUT2D eigenvalue weighted by Gasteiger charge is 2.16. The van der Waals surface area contributed by atoms with Crippen LogP contribution in [-0.4, -0.2) is 25.5 Å². The molecule has 0 saturated carbocycles. The Hall–Kier alpha value is -3.19. The molecule has 0 unspecified atom stereocenters. The van der Waals surface area contributed by atoms with E-state index in [1.807, 2.05) is 59.7 Å². The lowest BCUT2D eigenvalue weighted by Gasteiger charge is -2.09. The maximum absolute atomic E-state index is 13.0. The van der Waals surface area contributed by atoms with Crippen molar-refractivity contribution in [3.63, 3.8) is 0 Å². The molecule has 1 N–H and O–H groups in total. The van der Waals surface area contributed by atoms with E-state index in [1.54, 1.807) is 6.20 Å². The second-order valence-corrected chi connectivity index (χ2v) is 8.62. The minimum Gasteiger partial charge on any atom is -0.319 e. The maximum atomic E-state index is 13.0. The molecule has 0 spiro atoms. The van der Waals surface area contributed by atoms with Gasteiger partial charge in [-0.2, -0.15) is 10.2 Å². The minimum atomic E-state index is -0.148. The first-order valence-electron chi connectivity index (χ1n) is 10.1. The van der Waals surface area contributed by atoms with Crippen LogP contribution in [0.4, 0.5) is 5.69 Å². The molecule has 0 saturated heterocycles. The molecule has 2 heterocycles. The van der Waals surface area contributed by atoms with Crippen LogP contribution in [-0.2, 0) is 13.1 Å². The molecule has 0 aliphatic heterocycles. The van der Waals surface area contributed by atoms with E-state index in [4.69, 9.17) is 0 Å². The molecule has 0 aliphatic carbocycles. The summed E-state index contributed by atoms with van der Waals surface area (Å²) in [4.78, 5) is 13.0. The van der Waals surface area contributed by atoms with Gasteiger partial charge in [0.2, 0.25) is 0 Å². The molecule has 158 valence electrons. The third kappa shape index (κ3) is 4.94. The van der Waals surface area contributed by atoms with Crippen LogP contribution in [0.2, 0.25) is 0 Å². The summed E-state index contributed by atoms with van der Waals surface area (Å²) in [5.41, 5.74) is 6.51. The zero-order valence-electron chi connectivity index (χ0n) is 17.8. The van der Waals surface area contributed by atoms with Gasteiger partial charge in [-0.05, 0) is 60.0 Å². The Kier molecular flexibility index (Phi) is 6.04. The number of halogens is 1. The molecule has 0 radical (unpaired) electrons. The highest BCUT2D eigenvalue weighted by atomic mass is 79.9. The summed E-state index contributed by atoms with van der Waals surface area (Å²) in [7, 11) is 0. The van der Waals surface area contributed by atoms with Crippen molar-refractivity contribution in [3.05, 3.63) is 99.0 Å². The predicted octanol–water partition coefficient (Wildman–Crippen LogP) is 5.12. The lowest BCUT2D eigenvalue weighted by Crippen LogP contribution is -2.14. The summed E-state index contributed by atoms with van der Waals surface area (Å²) in [6.07, 6.45) is 3.65. The van der Waals surface area contributed by atoms with E-state index in [-0.39, 0.29) is 5.91 Å². The molecule has 4 rings (SSSR count). The van der Waals surface area contributed by atoms with E-state index in [0.717, 1.165) is 27.1 Å². The van der Waals surface area contributed by atoms with Gasteiger partial charge in [0.25, 0.3) is 5.91 Å². The monoisotopic (exact) mass is 477 g/mol. The molecule has 6 nitrogen and oxygen atoms in total. The van der Waals surface area contributed by atoms with Gasteiger partial charge in [-0.1, -0.05) is 42.0 Å². The van der Waals surface area contributed by atoms with Gasteiger partial charge in [-0.15, -0.1) is 0 Å². The van der Waals surface area contributed by atoms with E-state index >= 15 is 0 Å². The molecule has 0 atom stereocenters. The zero-order valence-corrected chi connectivity index (χ0v) is 19.3. The van der Waals surface area contributed by atoms with Crippen molar-refractivity contribution >= 4 is 27.5 Å². The molecule has 0 aliphatic rings. The molecular formula is C24H24BrN5O. The Morgan fingerprint density at radius 1 is 1.03 bits per heavy atom. The Balaban J connectivity index is 1.51. The normalized spacial score (nSPS) is 11.0. The van der Waals surface area contributed by atoms with Crippen molar-refractivity contribution in [1.82, 2.24) is 19.6 Å². The number of carbonyl (C=O) groups excluding carboxylic acids is 1. The van der Waals surface area contributed by atoms with Crippen LogP contribution in [0.5, 0.6) is 0 Å². The zero-order chi connectivity index (χ0) is 22.0. The number of rotatable bonds is 6. The summed E-state index contributed by atoms with van der Waals surface area (Å²) >= 11 is 3.40. The summed E-state index contributed by atoms with van der Waals surface area (Å²) in [6.45, 7) is 7.24. The van der Waals surface area contributed by atoms with Gasteiger partial charge in [0.15, 0.2) is 0 Å². The molecule has 0 fully saturated rings. The second kappa shape index (κ2) is 8.89. The molecule has 2 aromatic heterocycles. The van der Waals surface area contributed by atoms with Crippen LogP contribution in [0, 0.1) is 20.8 Å². The fraction of sp³-hybridized carbons (Fsp3) is 0.208. The molecule has 0 bridgehead atoms. The molecule has 31 heavy (non-hydrogen) atoms. The van der Waals surface area contributed by atoms with Crippen molar-refractivity contribution in [3.8, 4) is 0 Å². The van der Waals surface area contributed by atoms with Crippen molar-refractivity contribution in [2.75, 3.05) is 5.32 Å². The summed E-state index contributed by atoms with van der Waals surface area (Å²) in [6, 6.07) is 16.0. The average molecular weight is 478 g/mol. The third-order valence-corrected chi connectivity index (χ3v) is 5.58. The van der Waals surface area contributed by atoms with Crippen LogP contribution >= 0.6 is 15.9 Å². The first kappa shape index (κ1) is 21.1. The van der Waals surface area contributed by atoms with Gasteiger partial charge in [0, 0.05) is 11.8 Å². The number of hydrogen-bond acceptors (Lipinski definition) is 3. The number of amides is 1. The van der Waals surface area contributed by atoms with E-state index in [1.165, 1.54) is 11.1 Å². The summed E-state index contributed by atoms with van der Waals surface area (Å²) < 4.78 is 4.69. The molecule has 2 aromatic carbocycles. The Morgan fingerprint density at radius 2 is 1.77 bits per heavy atom. The van der Waals surface area contributed by atoms with Crippen LogP contribution < -0.4 is 5.32 Å². The quantitative estimate of drug-likeness (QED) is 0.419. The lowest BCUT2D eigenvalue weighted by molar-refractivity contribution is 0.102. The molecule has 4 aromatic rings. The van der Waals surface area contributed by atoms with Gasteiger partial charge in [-0.3, -0.25) is 14.2 Å². The highest BCUT2D eigenvalue weighted by molar-refractivity contribution is 9.10. The molecule has 7 heteroatoms. The van der Waals surface area contributed by atoms with Gasteiger partial charge < -0.3 is 5.32 Å². The topological polar surface area (TPSA) is 64.7 Å². The number of anilines is 1. The van der Waals surface area contributed by atoms with Crippen molar-refractivity contribution < 1.29 is 4.79 Å². The van der Waals surface area contributed by atoms with Crippen LogP contribution in [0.25, 0.3) is 0 Å². The largest absolute Gasteiger partial charge is 0.319 e. The van der Waals surface area contributed by atoms with Gasteiger partial charge >= 0.3 is 0 Å². The molecule has 1 amide bonds. The second-order valence-electron chi connectivity index (χ2n) is 7.70. The van der Waals surface area contributed by atoms with E-state index in [9.17, 15) is 4.79 Å². The van der Waals surface area contributed by atoms with Gasteiger partial charge in [-0.25, -0.2) is 0 Å². The Bertz CT molecular complexity index is 1240. The Morgan fingerprint density at radius 3 is 2.48 bits per heavy atom. The van der Waals surface area contributed by atoms with Crippen LogP contribution in [0.15, 0.2) is 65.4 Å². The summed E-state index contributed by atoms with van der Waals surface area (Å²) in [5.74, 6) is -0.148. The standard InChI is InChI=1S/C24H24BrN5O/c1-16-6-4-7-19(10-16)14-30-18(3)23(17(2)28-30)27-24(31)21-9-5-8-20(11-21)13-29-15-22(25)12-26-29/h4-12,15H,13-14H2,1-3H3,(H,27,31). The van der Waals surface area contributed by atoms with Crippen LogP contribution in [0.3, 0.4) is 0 Å². The number of carbonyl (C=O) groups is 1. The van der Waals surface area contributed by atoms with Gasteiger partial charge in [0.05, 0.1) is 40.8 Å². The Labute approximate surface area is 190 Å². The third-order valence-electron chi connectivity index (χ3n) is 5.17. The number of hydrogen-bond donors (Lipinski definition) is 1. The lowest BCUT2D eigenvalue weighted by atomic mass is 10.1. The van der Waals surface area contributed by atoms with E-state index in [2.05, 4.69) is 56.6 Å². The number of nitrogens with one attached hydrogen (secondary N) is 1. The number of benzene rings is 2. The smallest absolute Gasteiger partial charge is 0.255 e. The van der Waals surface area contributed by atoms with Crippen LogP contribution in [0.1, 0.15) is 38.4 Å². The average Bonchev–Trinajstić information content (AvgIpc) is 3.25. The number of aromatic nitrogens is 4. The first-order chi connectivity index (χ1) is 14.9. The number of nitrogens with zero attached hydrogens (tertiary/aromatic N) is 4. The molecular weight excluding hydrogens is 454 g/mol.